The van der Waals surface area contributed by atoms with E-state index in [4.69, 9.17) is 9.84 Å². The third-order valence-corrected chi connectivity index (χ3v) is 9.08. The number of anilines is 1. The van der Waals surface area contributed by atoms with Gasteiger partial charge in [0.05, 0.1) is 29.1 Å². The van der Waals surface area contributed by atoms with Crippen LogP contribution in [0.5, 0.6) is 5.75 Å². The predicted molar refractivity (Wildman–Crippen MR) is 168 cm³/mol. The molecule has 3 aromatic carbocycles. The van der Waals surface area contributed by atoms with E-state index in [-0.39, 0.29) is 17.6 Å². The summed E-state index contributed by atoms with van der Waals surface area (Å²) in [6.07, 6.45) is 4.96. The second kappa shape index (κ2) is 12.4. The van der Waals surface area contributed by atoms with E-state index in [1.54, 1.807) is 55.6 Å². The van der Waals surface area contributed by atoms with Crippen molar-refractivity contribution in [2.24, 2.45) is 0 Å². The van der Waals surface area contributed by atoms with Crippen molar-refractivity contribution in [3.63, 3.8) is 0 Å². The topological polar surface area (TPSA) is 76.5 Å². The van der Waals surface area contributed by atoms with Gasteiger partial charge >= 0.3 is 0 Å². The summed E-state index contributed by atoms with van der Waals surface area (Å²) >= 11 is 1.28. The van der Waals surface area contributed by atoms with Gasteiger partial charge in [-0.05, 0) is 67.8 Å². The smallest absolute Gasteiger partial charge is 0.269 e. The molecule has 1 atom stereocenters. The Morgan fingerprint density at radius 2 is 1.70 bits per heavy atom. The van der Waals surface area contributed by atoms with Crippen LogP contribution in [0.1, 0.15) is 59.1 Å². The van der Waals surface area contributed by atoms with Gasteiger partial charge in [-0.25, -0.2) is 9.07 Å². The van der Waals surface area contributed by atoms with Gasteiger partial charge in [0.1, 0.15) is 22.4 Å². The van der Waals surface area contributed by atoms with E-state index in [9.17, 15) is 9.59 Å². The molecule has 5 aromatic rings. The number of hydrogen-bond donors (Lipinski definition) is 1. The molecule has 1 aliphatic carbocycles. The first kappa shape index (κ1) is 28.6. The van der Waals surface area contributed by atoms with Crippen LogP contribution in [-0.4, -0.2) is 34.7 Å². The van der Waals surface area contributed by atoms with Crippen LogP contribution in [0.25, 0.3) is 15.9 Å². The lowest BCUT2D eigenvalue weighted by Gasteiger charge is -2.33. The van der Waals surface area contributed by atoms with Crippen LogP contribution in [0.15, 0.2) is 84.9 Å². The van der Waals surface area contributed by atoms with Crippen molar-refractivity contribution in [2.75, 3.05) is 12.0 Å². The molecule has 1 fully saturated rings. The van der Waals surface area contributed by atoms with Gasteiger partial charge in [0.25, 0.3) is 5.91 Å². The highest BCUT2D eigenvalue weighted by Gasteiger charge is 2.37. The predicted octanol–water partition coefficient (Wildman–Crippen LogP) is 7.38. The molecule has 0 radical (unpaired) electrons. The molecule has 7 nitrogen and oxygen atoms in total. The third-order valence-electron chi connectivity index (χ3n) is 7.98. The van der Waals surface area contributed by atoms with Crippen molar-refractivity contribution in [1.29, 1.82) is 0 Å². The van der Waals surface area contributed by atoms with Crippen molar-refractivity contribution in [3.05, 3.63) is 107 Å². The Kier molecular flexibility index (Phi) is 8.24. The zero-order valence-corrected chi connectivity index (χ0v) is 24.9. The molecule has 9 heteroatoms. The zero-order valence-electron chi connectivity index (χ0n) is 24.1. The number of halogens is 1. The molecule has 2 aromatic heterocycles. The molecule has 0 saturated heterocycles. The van der Waals surface area contributed by atoms with Gasteiger partial charge in [-0.2, -0.15) is 5.10 Å². The van der Waals surface area contributed by atoms with Crippen LogP contribution in [0.4, 0.5) is 10.1 Å². The van der Waals surface area contributed by atoms with Crippen LogP contribution in [0, 0.1) is 12.7 Å². The highest BCUT2D eigenvalue weighted by Crippen LogP contribution is 2.37. The number of aromatic nitrogens is 2. The van der Waals surface area contributed by atoms with Crippen LogP contribution < -0.4 is 15.0 Å². The van der Waals surface area contributed by atoms with Gasteiger partial charge in [-0.15, -0.1) is 11.3 Å². The second-order valence-electron chi connectivity index (χ2n) is 10.8. The van der Waals surface area contributed by atoms with Gasteiger partial charge in [0, 0.05) is 11.4 Å². The highest BCUT2D eigenvalue weighted by atomic mass is 32.1. The zero-order chi connectivity index (χ0) is 29.9. The van der Waals surface area contributed by atoms with Crippen LogP contribution in [0.3, 0.4) is 0 Å². The summed E-state index contributed by atoms with van der Waals surface area (Å²) in [5.41, 5.74) is 2.23. The lowest BCUT2D eigenvalue weighted by Crippen LogP contribution is -2.47. The normalized spacial score (nSPS) is 14.4. The number of aryl methyl sites for hydroxylation is 1. The SMILES string of the molecule is COc1ccc([C@H](C(=O)NC2CCCCC2)N(C(=O)c2cc3c(C)nn(-c4ccccc4)c3s2)c2ccccc2F)cc1. The van der Waals surface area contributed by atoms with Crippen LogP contribution in [0.2, 0.25) is 0 Å². The number of benzene rings is 3. The fourth-order valence-corrected chi connectivity index (χ4v) is 6.88. The van der Waals surface area contributed by atoms with Crippen molar-refractivity contribution in [3.8, 4) is 11.4 Å². The van der Waals surface area contributed by atoms with Gasteiger partial charge < -0.3 is 10.1 Å². The number of nitrogens with zero attached hydrogens (tertiary/aromatic N) is 3. The molecule has 1 N–H and O–H groups in total. The maximum atomic E-state index is 15.6. The molecular formula is C34H33FN4O3S. The fourth-order valence-electron chi connectivity index (χ4n) is 5.76. The standard InChI is InChI=1S/C34H33FN4O3S/c1-22-27-21-30(43-34(27)39(37-22)25-13-7-4-8-14-25)33(41)38(29-16-10-9-15-28(29)35)31(23-17-19-26(42-2)20-18-23)32(40)36-24-11-5-3-6-12-24/h4,7-10,13-21,24,31H,3,5-6,11-12H2,1-2H3,(H,36,40)/t31-/m1/s1. The fraction of sp³-hybridized carbons (Fsp3) is 0.265. The lowest BCUT2D eigenvalue weighted by molar-refractivity contribution is -0.123. The highest BCUT2D eigenvalue weighted by molar-refractivity contribution is 7.20. The van der Waals surface area contributed by atoms with Gasteiger partial charge in [0.2, 0.25) is 5.91 Å². The summed E-state index contributed by atoms with van der Waals surface area (Å²) in [7, 11) is 1.57. The number of ether oxygens (including phenoxy) is 1. The first-order valence-electron chi connectivity index (χ1n) is 14.5. The van der Waals surface area contributed by atoms with E-state index < -0.39 is 17.8 Å². The Bertz CT molecular complexity index is 1740. The van der Waals surface area contributed by atoms with E-state index >= 15 is 4.39 Å². The largest absolute Gasteiger partial charge is 0.497 e. The molecular weight excluding hydrogens is 563 g/mol. The van der Waals surface area contributed by atoms with Gasteiger partial charge in [-0.1, -0.05) is 61.7 Å². The number of amides is 2. The van der Waals surface area contributed by atoms with E-state index in [1.807, 2.05) is 41.9 Å². The molecule has 6 rings (SSSR count). The molecule has 2 amide bonds. The number of rotatable bonds is 8. The number of thiophene rings is 1. The molecule has 0 bridgehead atoms. The average Bonchev–Trinajstić information content (AvgIpc) is 3.61. The van der Waals surface area contributed by atoms with Gasteiger partial charge in [-0.3, -0.25) is 14.5 Å². The minimum atomic E-state index is -1.12. The quantitative estimate of drug-likeness (QED) is 0.203. The maximum Gasteiger partial charge on any atom is 0.269 e. The lowest BCUT2D eigenvalue weighted by atomic mass is 9.94. The number of hydrogen-bond acceptors (Lipinski definition) is 5. The van der Waals surface area contributed by atoms with Crippen molar-refractivity contribution in [1.82, 2.24) is 15.1 Å². The number of nitrogens with one attached hydrogen (secondary N) is 1. The first-order valence-corrected chi connectivity index (χ1v) is 15.3. The first-order chi connectivity index (χ1) is 20.9. The monoisotopic (exact) mass is 596 g/mol. The number of para-hydroxylation sites is 2. The van der Waals surface area contributed by atoms with E-state index in [2.05, 4.69) is 5.32 Å². The van der Waals surface area contributed by atoms with E-state index in [0.29, 0.717) is 16.2 Å². The molecule has 1 aliphatic rings. The Morgan fingerprint density at radius 3 is 2.40 bits per heavy atom. The summed E-state index contributed by atoms with van der Waals surface area (Å²) in [6, 6.07) is 23.5. The summed E-state index contributed by atoms with van der Waals surface area (Å²) in [5.74, 6) is -0.789. The van der Waals surface area contributed by atoms with Crippen LogP contribution >= 0.6 is 11.3 Å². The second-order valence-corrected chi connectivity index (χ2v) is 11.8. The third kappa shape index (κ3) is 5.77. The molecule has 43 heavy (non-hydrogen) atoms. The average molecular weight is 597 g/mol. The Balaban J connectivity index is 1.47. The summed E-state index contributed by atoms with van der Waals surface area (Å²) in [5, 5.41) is 8.71. The maximum absolute atomic E-state index is 15.6. The van der Waals surface area contributed by atoms with Crippen molar-refractivity contribution >= 4 is 39.1 Å². The van der Waals surface area contributed by atoms with Crippen molar-refractivity contribution < 1.29 is 18.7 Å². The summed E-state index contributed by atoms with van der Waals surface area (Å²) < 4.78 is 22.7. The molecule has 2 heterocycles. The Labute approximate surface area is 253 Å². The number of fused-ring (bicyclic) bond motifs is 1. The summed E-state index contributed by atoms with van der Waals surface area (Å²) in [6.45, 7) is 1.90. The number of carbonyl (C=O) groups excluding carboxylic acids is 2. The molecule has 0 spiro atoms. The molecule has 0 unspecified atom stereocenters. The minimum Gasteiger partial charge on any atom is -0.497 e. The Morgan fingerprint density at radius 1 is 1.00 bits per heavy atom. The molecule has 220 valence electrons. The summed E-state index contributed by atoms with van der Waals surface area (Å²) in [4.78, 5) is 31.3. The number of methoxy groups -OCH3 is 1. The minimum absolute atomic E-state index is 0.00315. The van der Waals surface area contributed by atoms with Crippen LogP contribution in [-0.2, 0) is 4.79 Å². The Hall–Kier alpha value is -4.50. The van der Waals surface area contributed by atoms with Gasteiger partial charge in [0.15, 0.2) is 0 Å². The van der Waals surface area contributed by atoms with E-state index in [0.717, 1.165) is 53.7 Å². The van der Waals surface area contributed by atoms with Crippen molar-refractivity contribution in [2.45, 2.75) is 51.1 Å². The molecule has 1 saturated carbocycles. The number of carbonyl (C=O) groups is 2. The van der Waals surface area contributed by atoms with E-state index in [1.165, 1.54) is 22.3 Å². The molecule has 0 aliphatic heterocycles.